The van der Waals surface area contributed by atoms with Gasteiger partial charge in [-0.15, -0.1) is 0 Å². The molecular weight excluding hydrogens is 528 g/mol. The third-order valence-electron chi connectivity index (χ3n) is 6.19. The summed E-state index contributed by atoms with van der Waals surface area (Å²) in [5.74, 6) is 0. The van der Waals surface area contributed by atoms with Crippen LogP contribution in [-0.2, 0) is 22.4 Å². The quantitative estimate of drug-likeness (QED) is 0.315. The van der Waals surface area contributed by atoms with Gasteiger partial charge in [0, 0.05) is 13.1 Å². The van der Waals surface area contributed by atoms with E-state index in [0.717, 1.165) is 29.8 Å². The van der Waals surface area contributed by atoms with Crippen molar-refractivity contribution in [2.75, 3.05) is 13.1 Å². The summed E-state index contributed by atoms with van der Waals surface area (Å²) in [5, 5.41) is 0. The van der Waals surface area contributed by atoms with Crippen LogP contribution in [0.5, 0.6) is 0 Å². The molecule has 1 aliphatic heterocycles. The van der Waals surface area contributed by atoms with Crippen LogP contribution in [0.15, 0.2) is 95.4 Å². The monoisotopic (exact) mass is 551 g/mol. The molecule has 0 amide bonds. The molecule has 1 aliphatic rings. The zero-order valence-electron chi connectivity index (χ0n) is 20.1. The van der Waals surface area contributed by atoms with Crippen molar-refractivity contribution in [1.82, 2.24) is 4.31 Å². The first-order valence-electron chi connectivity index (χ1n) is 11.6. The highest BCUT2D eigenvalue weighted by atomic mass is 32.2. The van der Waals surface area contributed by atoms with E-state index in [1.165, 1.54) is 40.7 Å². The molecule has 0 aliphatic carbocycles. The lowest BCUT2D eigenvalue weighted by Crippen LogP contribution is -2.33. The van der Waals surface area contributed by atoms with Crippen molar-refractivity contribution in [1.29, 1.82) is 0 Å². The largest absolute Gasteiger partial charge is 0.416 e. The van der Waals surface area contributed by atoms with E-state index in [-0.39, 0.29) is 18.0 Å². The van der Waals surface area contributed by atoms with Gasteiger partial charge in [0.25, 0.3) is 0 Å². The van der Waals surface area contributed by atoms with E-state index >= 15 is 0 Å². The molecule has 0 spiro atoms. The van der Waals surface area contributed by atoms with Crippen molar-refractivity contribution < 1.29 is 34.8 Å². The molecular formula is C28H23F6NO2S. The first-order chi connectivity index (χ1) is 17.8. The molecule has 0 aromatic heterocycles. The van der Waals surface area contributed by atoms with Crippen molar-refractivity contribution in [2.24, 2.45) is 0 Å². The van der Waals surface area contributed by atoms with Gasteiger partial charge in [0.2, 0.25) is 10.0 Å². The van der Waals surface area contributed by atoms with Crippen molar-refractivity contribution in [3.8, 4) is 0 Å². The molecule has 0 saturated carbocycles. The maximum atomic E-state index is 13.4. The van der Waals surface area contributed by atoms with Crippen LogP contribution in [0.25, 0.3) is 5.57 Å². The SMILES string of the molecule is Cc1ccc(S(=O)(=O)N2CCC=CC(=C(c3ccc(C(F)(F)F)cc3)c3ccc(C(F)(F)F)cc3)C2)cc1. The number of sulfonamides is 1. The number of hydrogen-bond acceptors (Lipinski definition) is 2. The maximum Gasteiger partial charge on any atom is 0.416 e. The van der Waals surface area contributed by atoms with E-state index in [0.29, 0.717) is 28.7 Å². The van der Waals surface area contributed by atoms with Crippen molar-refractivity contribution in [2.45, 2.75) is 30.6 Å². The number of benzene rings is 3. The van der Waals surface area contributed by atoms with Crippen LogP contribution in [0, 0.1) is 6.92 Å². The predicted octanol–water partition coefficient (Wildman–Crippen LogP) is 7.49. The standard InChI is InChI=1S/C28H23F6NO2S/c1-19-5-15-25(16-6-19)38(36,37)35-17-3-2-4-22(18-35)26(20-7-11-23(12-8-20)27(29,30)31)21-9-13-24(14-10-21)28(32,33)34/h2,4-16H,3,17-18H2,1H3. The minimum Gasteiger partial charge on any atom is -0.207 e. The topological polar surface area (TPSA) is 37.4 Å². The molecule has 3 aromatic rings. The van der Waals surface area contributed by atoms with E-state index in [4.69, 9.17) is 0 Å². The normalized spacial score (nSPS) is 15.4. The zero-order valence-corrected chi connectivity index (χ0v) is 21.0. The van der Waals surface area contributed by atoms with Gasteiger partial charge in [0.15, 0.2) is 0 Å². The minimum atomic E-state index is -4.57. The summed E-state index contributed by atoms with van der Waals surface area (Å²) in [5.41, 5.74) is 0.538. The Morgan fingerprint density at radius 2 is 1.21 bits per heavy atom. The summed E-state index contributed by atoms with van der Waals surface area (Å²) < 4.78 is 107. The van der Waals surface area contributed by atoms with Crippen LogP contribution in [0.4, 0.5) is 26.3 Å². The third kappa shape index (κ3) is 6.02. The second-order valence-corrected chi connectivity index (χ2v) is 10.8. The summed E-state index contributed by atoms with van der Waals surface area (Å²) in [4.78, 5) is 0.0926. The van der Waals surface area contributed by atoms with Crippen molar-refractivity contribution in [3.63, 3.8) is 0 Å². The first kappa shape index (κ1) is 27.7. The predicted molar refractivity (Wildman–Crippen MR) is 133 cm³/mol. The van der Waals surface area contributed by atoms with Crippen LogP contribution in [0.3, 0.4) is 0 Å². The molecule has 3 aromatic carbocycles. The molecule has 0 bridgehead atoms. The minimum absolute atomic E-state index is 0.0926. The highest BCUT2D eigenvalue weighted by molar-refractivity contribution is 7.89. The van der Waals surface area contributed by atoms with Gasteiger partial charge in [-0.3, -0.25) is 0 Å². The molecule has 4 rings (SSSR count). The zero-order chi connectivity index (χ0) is 27.7. The Balaban J connectivity index is 1.84. The smallest absolute Gasteiger partial charge is 0.207 e. The summed E-state index contributed by atoms with van der Waals surface area (Å²) in [6.45, 7) is 1.86. The molecule has 0 unspecified atom stereocenters. The molecule has 10 heteroatoms. The molecule has 1 heterocycles. The lowest BCUT2D eigenvalue weighted by atomic mass is 9.91. The summed E-state index contributed by atoms with van der Waals surface area (Å²) in [6, 6.07) is 14.9. The van der Waals surface area contributed by atoms with Gasteiger partial charge in [0.05, 0.1) is 16.0 Å². The van der Waals surface area contributed by atoms with E-state index in [1.807, 2.05) is 6.92 Å². The van der Waals surface area contributed by atoms with E-state index in [2.05, 4.69) is 0 Å². The van der Waals surface area contributed by atoms with Crippen LogP contribution in [0.1, 0.15) is 34.2 Å². The highest BCUT2D eigenvalue weighted by Gasteiger charge is 2.32. The number of nitrogens with zero attached hydrogens (tertiary/aromatic N) is 1. The molecule has 3 nitrogen and oxygen atoms in total. The van der Waals surface area contributed by atoms with Crippen LogP contribution in [0.2, 0.25) is 0 Å². The fourth-order valence-electron chi connectivity index (χ4n) is 4.18. The Morgan fingerprint density at radius 1 is 0.737 bits per heavy atom. The molecule has 0 atom stereocenters. The fraction of sp³-hybridized carbons (Fsp3) is 0.214. The maximum absolute atomic E-state index is 13.4. The fourth-order valence-corrected chi connectivity index (χ4v) is 5.61. The molecule has 0 N–H and O–H groups in total. The Kier molecular flexibility index (Phi) is 7.58. The number of hydrogen-bond donors (Lipinski definition) is 0. The lowest BCUT2D eigenvalue weighted by Gasteiger charge is -2.23. The molecule has 38 heavy (non-hydrogen) atoms. The summed E-state index contributed by atoms with van der Waals surface area (Å²) in [7, 11) is -3.92. The number of halogens is 6. The van der Waals surface area contributed by atoms with Gasteiger partial charge in [-0.25, -0.2) is 8.42 Å². The van der Waals surface area contributed by atoms with Gasteiger partial charge < -0.3 is 0 Å². The third-order valence-corrected chi connectivity index (χ3v) is 8.05. The van der Waals surface area contributed by atoms with Crippen LogP contribution >= 0.6 is 0 Å². The highest BCUT2D eigenvalue weighted by Crippen LogP contribution is 2.36. The van der Waals surface area contributed by atoms with Gasteiger partial charge >= 0.3 is 12.4 Å². The lowest BCUT2D eigenvalue weighted by molar-refractivity contribution is -0.138. The second-order valence-electron chi connectivity index (χ2n) is 8.89. The summed E-state index contributed by atoms with van der Waals surface area (Å²) >= 11 is 0. The van der Waals surface area contributed by atoms with E-state index in [9.17, 15) is 34.8 Å². The Bertz CT molecular complexity index is 1390. The van der Waals surface area contributed by atoms with Crippen molar-refractivity contribution >= 4 is 15.6 Å². The Labute approximate surface area is 216 Å². The Morgan fingerprint density at radius 3 is 1.66 bits per heavy atom. The average Bonchev–Trinajstić information content (AvgIpc) is 3.11. The first-order valence-corrected chi connectivity index (χ1v) is 13.0. The molecule has 0 fully saturated rings. The molecule has 200 valence electrons. The number of rotatable bonds is 4. The molecule has 0 radical (unpaired) electrons. The van der Waals surface area contributed by atoms with E-state index < -0.39 is 33.5 Å². The van der Waals surface area contributed by atoms with Gasteiger partial charge in [-0.05, 0) is 72.0 Å². The van der Waals surface area contributed by atoms with E-state index in [1.54, 1.807) is 24.3 Å². The van der Waals surface area contributed by atoms with Gasteiger partial charge in [-0.1, -0.05) is 54.1 Å². The second kappa shape index (κ2) is 10.4. The van der Waals surface area contributed by atoms with Crippen LogP contribution in [-0.4, -0.2) is 25.8 Å². The number of alkyl halides is 6. The van der Waals surface area contributed by atoms with Crippen molar-refractivity contribution in [3.05, 3.63) is 118 Å². The van der Waals surface area contributed by atoms with Gasteiger partial charge in [0.1, 0.15) is 0 Å². The van der Waals surface area contributed by atoms with Crippen LogP contribution < -0.4 is 0 Å². The van der Waals surface area contributed by atoms with Gasteiger partial charge in [-0.2, -0.15) is 30.6 Å². The summed E-state index contributed by atoms with van der Waals surface area (Å²) in [6.07, 6.45) is -5.34. The average molecular weight is 552 g/mol. The number of aryl methyl sites for hydroxylation is 1. The molecule has 0 saturated heterocycles. The Hall–Kier alpha value is -3.37.